The van der Waals surface area contributed by atoms with E-state index < -0.39 is 0 Å². The van der Waals surface area contributed by atoms with Gasteiger partial charge >= 0.3 is 0 Å². The molecular weight excluding hydrogens is 242 g/mol. The van der Waals surface area contributed by atoms with E-state index in [4.69, 9.17) is 0 Å². The van der Waals surface area contributed by atoms with Gasteiger partial charge in [0.1, 0.15) is 0 Å². The molecule has 0 heterocycles. The fourth-order valence-electron chi connectivity index (χ4n) is 3.09. The molecule has 0 spiro atoms. The van der Waals surface area contributed by atoms with Crippen LogP contribution in [0, 0.1) is 41.5 Å². The number of benzene rings is 2. The molecule has 2 aromatic rings. The molecule has 20 heavy (non-hydrogen) atoms. The van der Waals surface area contributed by atoms with Crippen molar-refractivity contribution in [3.05, 3.63) is 57.6 Å². The summed E-state index contributed by atoms with van der Waals surface area (Å²) in [5, 5.41) is 0. The molecule has 2 rings (SSSR count). The Balaban J connectivity index is 2.59. The van der Waals surface area contributed by atoms with Crippen molar-refractivity contribution < 1.29 is 0 Å². The van der Waals surface area contributed by atoms with Crippen LogP contribution in [0.25, 0.3) is 0 Å². The summed E-state index contributed by atoms with van der Waals surface area (Å²) >= 11 is 0. The maximum atomic E-state index is 2.33. The molecule has 0 bridgehead atoms. The Labute approximate surface area is 123 Å². The van der Waals surface area contributed by atoms with Crippen LogP contribution in [-0.2, 0) is 0 Å². The minimum absolute atomic E-state index is 1.28. The van der Waals surface area contributed by atoms with E-state index in [1.807, 2.05) is 0 Å². The lowest BCUT2D eigenvalue weighted by atomic mass is 9.97. The number of hydrogen-bond donors (Lipinski definition) is 0. The van der Waals surface area contributed by atoms with Crippen molar-refractivity contribution in [2.75, 3.05) is 11.9 Å². The Morgan fingerprint density at radius 2 is 1.35 bits per heavy atom. The summed E-state index contributed by atoms with van der Waals surface area (Å²) in [4.78, 5) is 2.33. The van der Waals surface area contributed by atoms with Gasteiger partial charge in [-0.05, 0) is 75.4 Å². The maximum Gasteiger partial charge on any atom is 0.0470 e. The summed E-state index contributed by atoms with van der Waals surface area (Å²) in [6.07, 6.45) is 0. The average molecular weight is 267 g/mol. The molecule has 0 unspecified atom stereocenters. The van der Waals surface area contributed by atoms with Gasteiger partial charge in [0.25, 0.3) is 0 Å². The largest absolute Gasteiger partial charge is 0.344 e. The zero-order valence-electron chi connectivity index (χ0n) is 13.8. The lowest BCUT2D eigenvalue weighted by molar-refractivity contribution is 1.12. The van der Waals surface area contributed by atoms with Gasteiger partial charge in [-0.1, -0.05) is 23.8 Å². The molecule has 2 aromatic carbocycles. The first-order valence-corrected chi connectivity index (χ1v) is 7.21. The normalized spacial score (nSPS) is 10.8. The topological polar surface area (TPSA) is 3.24 Å². The van der Waals surface area contributed by atoms with E-state index in [9.17, 15) is 0 Å². The number of aryl methyl sites for hydroxylation is 4. The molecule has 0 aliphatic heterocycles. The smallest absolute Gasteiger partial charge is 0.0470 e. The van der Waals surface area contributed by atoms with Gasteiger partial charge < -0.3 is 4.90 Å². The Morgan fingerprint density at radius 1 is 0.700 bits per heavy atom. The lowest BCUT2D eigenvalue weighted by Gasteiger charge is -2.27. The van der Waals surface area contributed by atoms with Crippen LogP contribution in [-0.4, -0.2) is 7.05 Å². The van der Waals surface area contributed by atoms with Crippen molar-refractivity contribution in [1.29, 1.82) is 0 Å². The third-order valence-electron chi connectivity index (χ3n) is 4.36. The first-order valence-electron chi connectivity index (χ1n) is 7.21. The molecule has 0 atom stereocenters. The van der Waals surface area contributed by atoms with Crippen LogP contribution in [0.3, 0.4) is 0 Å². The molecule has 0 N–H and O–H groups in total. The molecule has 0 aliphatic rings. The van der Waals surface area contributed by atoms with Gasteiger partial charge in [0.2, 0.25) is 0 Å². The molecule has 0 aliphatic carbocycles. The molecule has 0 saturated carbocycles. The molecule has 0 saturated heterocycles. The summed E-state index contributed by atoms with van der Waals surface area (Å²) in [5.41, 5.74) is 10.7. The van der Waals surface area contributed by atoms with Gasteiger partial charge in [0, 0.05) is 18.4 Å². The second kappa shape index (κ2) is 5.32. The number of hydrogen-bond acceptors (Lipinski definition) is 1. The van der Waals surface area contributed by atoms with Gasteiger partial charge in [-0.2, -0.15) is 0 Å². The van der Waals surface area contributed by atoms with Gasteiger partial charge in [-0.3, -0.25) is 0 Å². The standard InChI is InChI=1S/C19H25N/c1-12-8-9-18(14(3)10-12)20(7)19-15(4)11-13(2)16(5)17(19)6/h8-11H,1-7H3. The Hall–Kier alpha value is -1.76. The summed E-state index contributed by atoms with van der Waals surface area (Å²) < 4.78 is 0. The fraction of sp³-hybridized carbons (Fsp3) is 0.368. The van der Waals surface area contributed by atoms with Crippen molar-refractivity contribution in [3.63, 3.8) is 0 Å². The van der Waals surface area contributed by atoms with Gasteiger partial charge in [0.15, 0.2) is 0 Å². The van der Waals surface area contributed by atoms with Crippen LogP contribution in [0.1, 0.15) is 33.4 Å². The second-order valence-corrected chi connectivity index (χ2v) is 5.96. The zero-order valence-corrected chi connectivity index (χ0v) is 13.8. The Morgan fingerprint density at radius 3 is 1.95 bits per heavy atom. The quantitative estimate of drug-likeness (QED) is 0.713. The third-order valence-corrected chi connectivity index (χ3v) is 4.36. The minimum atomic E-state index is 1.28. The van der Waals surface area contributed by atoms with E-state index in [1.165, 1.54) is 44.8 Å². The zero-order chi connectivity index (χ0) is 15.0. The Bertz CT molecular complexity index is 653. The minimum Gasteiger partial charge on any atom is -0.344 e. The van der Waals surface area contributed by atoms with Crippen LogP contribution in [0.15, 0.2) is 24.3 Å². The SMILES string of the molecule is Cc1ccc(N(C)c2c(C)cc(C)c(C)c2C)c(C)c1. The Kier molecular flexibility index (Phi) is 3.89. The van der Waals surface area contributed by atoms with Crippen molar-refractivity contribution in [3.8, 4) is 0 Å². The molecule has 106 valence electrons. The monoisotopic (exact) mass is 267 g/mol. The van der Waals surface area contributed by atoms with Gasteiger partial charge in [-0.25, -0.2) is 0 Å². The number of nitrogens with zero attached hydrogens (tertiary/aromatic N) is 1. The molecular formula is C19H25N. The first kappa shape index (κ1) is 14.6. The highest BCUT2D eigenvalue weighted by Gasteiger charge is 2.14. The molecule has 1 nitrogen and oxygen atoms in total. The van der Waals surface area contributed by atoms with Crippen molar-refractivity contribution in [2.24, 2.45) is 0 Å². The van der Waals surface area contributed by atoms with Crippen LogP contribution in [0.5, 0.6) is 0 Å². The highest BCUT2D eigenvalue weighted by Crippen LogP contribution is 2.34. The second-order valence-electron chi connectivity index (χ2n) is 5.96. The van der Waals surface area contributed by atoms with E-state index in [0.29, 0.717) is 0 Å². The van der Waals surface area contributed by atoms with E-state index >= 15 is 0 Å². The molecule has 0 fully saturated rings. The summed E-state index contributed by atoms with van der Waals surface area (Å²) in [7, 11) is 2.17. The average Bonchev–Trinajstić information content (AvgIpc) is 2.36. The van der Waals surface area contributed by atoms with Crippen LogP contribution in [0.4, 0.5) is 11.4 Å². The van der Waals surface area contributed by atoms with Crippen molar-refractivity contribution in [1.82, 2.24) is 0 Å². The maximum absolute atomic E-state index is 2.33. The predicted octanol–water partition coefficient (Wildman–Crippen LogP) is 5.31. The first-order chi connectivity index (χ1) is 9.32. The lowest BCUT2D eigenvalue weighted by Crippen LogP contribution is -2.14. The number of rotatable bonds is 2. The highest BCUT2D eigenvalue weighted by molar-refractivity contribution is 5.73. The predicted molar refractivity (Wildman–Crippen MR) is 89.4 cm³/mol. The fourth-order valence-corrected chi connectivity index (χ4v) is 3.09. The van der Waals surface area contributed by atoms with Crippen LogP contribution >= 0.6 is 0 Å². The molecule has 0 aromatic heterocycles. The molecule has 0 radical (unpaired) electrons. The van der Waals surface area contributed by atoms with E-state index in [2.05, 4.69) is 77.8 Å². The molecule has 1 heteroatoms. The summed E-state index contributed by atoms with van der Waals surface area (Å²) in [5.74, 6) is 0. The molecule has 0 amide bonds. The highest BCUT2D eigenvalue weighted by atomic mass is 15.1. The summed E-state index contributed by atoms with van der Waals surface area (Å²) in [6.45, 7) is 13.2. The van der Waals surface area contributed by atoms with E-state index in [1.54, 1.807) is 0 Å². The van der Waals surface area contributed by atoms with Crippen molar-refractivity contribution in [2.45, 2.75) is 41.5 Å². The van der Waals surface area contributed by atoms with Crippen molar-refractivity contribution >= 4 is 11.4 Å². The van der Waals surface area contributed by atoms with E-state index in [-0.39, 0.29) is 0 Å². The van der Waals surface area contributed by atoms with E-state index in [0.717, 1.165) is 0 Å². The third kappa shape index (κ3) is 2.45. The summed E-state index contributed by atoms with van der Waals surface area (Å²) in [6, 6.07) is 8.94. The van der Waals surface area contributed by atoms with Crippen LogP contribution < -0.4 is 4.90 Å². The van der Waals surface area contributed by atoms with Gasteiger partial charge in [0.05, 0.1) is 0 Å². The van der Waals surface area contributed by atoms with Crippen LogP contribution in [0.2, 0.25) is 0 Å². The van der Waals surface area contributed by atoms with Gasteiger partial charge in [-0.15, -0.1) is 0 Å². The number of anilines is 2.